The largest absolute Gasteiger partial charge is 0.478 e. The van der Waals surface area contributed by atoms with E-state index in [2.05, 4.69) is 26.9 Å². The minimum atomic E-state index is -0.956. The zero-order valence-corrected chi connectivity index (χ0v) is 22.4. The number of aromatic nitrogens is 4. The van der Waals surface area contributed by atoms with Crippen LogP contribution < -0.4 is 0 Å². The molecule has 1 saturated heterocycles. The Hall–Kier alpha value is -3.94. The number of carbonyl (C=O) groups excluding carboxylic acids is 1. The number of hydrogen-bond acceptors (Lipinski definition) is 4. The smallest absolute Gasteiger partial charge is 0.335 e. The summed E-state index contributed by atoms with van der Waals surface area (Å²) in [5.74, 6) is 0.775. The predicted molar refractivity (Wildman–Crippen MR) is 150 cm³/mol. The molecular weight excluding hydrogens is 490 g/mol. The molecule has 0 unspecified atom stereocenters. The SMILES string of the molecule is Cn1cnnc1C1CCN(C(=O)Cn2c(-c3ccccc3)c(C3CCCCC3)c3ccc(C(=O)O)cc32)CC1. The third-order valence-electron chi connectivity index (χ3n) is 8.66. The summed E-state index contributed by atoms with van der Waals surface area (Å²) in [5, 5.41) is 19.2. The summed E-state index contributed by atoms with van der Waals surface area (Å²) < 4.78 is 4.06. The van der Waals surface area contributed by atoms with Crippen LogP contribution in [0.25, 0.3) is 22.2 Å². The van der Waals surface area contributed by atoms with Gasteiger partial charge in [0.25, 0.3) is 0 Å². The van der Waals surface area contributed by atoms with E-state index < -0.39 is 5.97 Å². The molecule has 0 bridgehead atoms. The molecule has 1 aliphatic heterocycles. The first-order valence-electron chi connectivity index (χ1n) is 14.1. The van der Waals surface area contributed by atoms with E-state index in [1.807, 2.05) is 40.8 Å². The number of nitrogens with zero attached hydrogens (tertiary/aromatic N) is 5. The molecule has 0 atom stereocenters. The zero-order valence-electron chi connectivity index (χ0n) is 22.4. The lowest BCUT2D eigenvalue weighted by atomic mass is 9.82. The van der Waals surface area contributed by atoms with E-state index >= 15 is 0 Å². The summed E-state index contributed by atoms with van der Waals surface area (Å²) in [6.07, 6.45) is 9.30. The zero-order chi connectivity index (χ0) is 26.9. The van der Waals surface area contributed by atoms with Crippen molar-refractivity contribution in [2.45, 2.75) is 63.3 Å². The molecule has 2 aliphatic rings. The third-order valence-corrected chi connectivity index (χ3v) is 8.66. The van der Waals surface area contributed by atoms with Gasteiger partial charge in [0.15, 0.2) is 0 Å². The Bertz CT molecular complexity index is 1490. The van der Waals surface area contributed by atoms with Crippen molar-refractivity contribution in [3.8, 4) is 11.3 Å². The minimum absolute atomic E-state index is 0.0661. The highest BCUT2D eigenvalue weighted by atomic mass is 16.4. The molecule has 4 aromatic rings. The lowest BCUT2D eigenvalue weighted by molar-refractivity contribution is -0.132. The highest BCUT2D eigenvalue weighted by molar-refractivity contribution is 5.99. The molecule has 1 N–H and O–H groups in total. The van der Waals surface area contributed by atoms with E-state index in [1.54, 1.807) is 18.5 Å². The van der Waals surface area contributed by atoms with Gasteiger partial charge in [-0.3, -0.25) is 4.79 Å². The first-order chi connectivity index (χ1) is 19.0. The van der Waals surface area contributed by atoms with Crippen molar-refractivity contribution in [2.24, 2.45) is 7.05 Å². The lowest BCUT2D eigenvalue weighted by Crippen LogP contribution is -2.40. The fraction of sp³-hybridized carbons (Fsp3) is 0.419. The van der Waals surface area contributed by atoms with Crippen LogP contribution >= 0.6 is 0 Å². The van der Waals surface area contributed by atoms with Crippen molar-refractivity contribution >= 4 is 22.8 Å². The number of hydrogen-bond donors (Lipinski definition) is 1. The Morgan fingerprint density at radius 3 is 2.36 bits per heavy atom. The van der Waals surface area contributed by atoms with Gasteiger partial charge in [-0.25, -0.2) is 4.79 Å². The van der Waals surface area contributed by atoms with E-state index in [0.717, 1.165) is 53.7 Å². The fourth-order valence-corrected chi connectivity index (χ4v) is 6.67. The van der Waals surface area contributed by atoms with Gasteiger partial charge in [-0.15, -0.1) is 10.2 Å². The number of aryl methyl sites for hydroxylation is 1. The van der Waals surface area contributed by atoms with Gasteiger partial charge in [0.1, 0.15) is 18.7 Å². The van der Waals surface area contributed by atoms with Gasteiger partial charge in [0.2, 0.25) is 5.91 Å². The van der Waals surface area contributed by atoms with E-state index in [4.69, 9.17) is 0 Å². The molecular formula is C31H35N5O3. The van der Waals surface area contributed by atoms with Crippen LogP contribution in [0.5, 0.6) is 0 Å². The Morgan fingerprint density at radius 1 is 0.949 bits per heavy atom. The molecule has 2 aromatic carbocycles. The van der Waals surface area contributed by atoms with Gasteiger partial charge in [0, 0.05) is 31.4 Å². The molecule has 39 heavy (non-hydrogen) atoms. The number of carbonyl (C=O) groups is 2. The van der Waals surface area contributed by atoms with Crippen molar-refractivity contribution in [3.63, 3.8) is 0 Å². The highest BCUT2D eigenvalue weighted by Gasteiger charge is 2.30. The van der Waals surface area contributed by atoms with Crippen molar-refractivity contribution < 1.29 is 14.7 Å². The van der Waals surface area contributed by atoms with Gasteiger partial charge in [-0.1, -0.05) is 55.7 Å². The summed E-state index contributed by atoms with van der Waals surface area (Å²) in [4.78, 5) is 27.7. The Balaban J connectivity index is 1.39. The number of amides is 1. The van der Waals surface area contributed by atoms with E-state index in [0.29, 0.717) is 24.9 Å². The van der Waals surface area contributed by atoms with Gasteiger partial charge in [-0.2, -0.15) is 0 Å². The Morgan fingerprint density at radius 2 is 1.69 bits per heavy atom. The number of fused-ring (bicyclic) bond motifs is 1. The van der Waals surface area contributed by atoms with Crippen molar-refractivity contribution in [1.82, 2.24) is 24.2 Å². The predicted octanol–water partition coefficient (Wildman–Crippen LogP) is 5.59. The van der Waals surface area contributed by atoms with Crippen LogP contribution in [0, 0.1) is 0 Å². The maximum absolute atomic E-state index is 13.8. The van der Waals surface area contributed by atoms with Crippen LogP contribution in [-0.4, -0.2) is 54.3 Å². The average molecular weight is 526 g/mol. The Labute approximate surface area is 228 Å². The summed E-state index contributed by atoms with van der Waals surface area (Å²) in [5.41, 5.74) is 4.47. The normalized spacial score (nSPS) is 17.1. The number of piperidine rings is 1. The number of benzene rings is 2. The maximum Gasteiger partial charge on any atom is 0.335 e. The highest BCUT2D eigenvalue weighted by Crippen LogP contribution is 2.44. The van der Waals surface area contributed by atoms with Crippen LogP contribution in [0.4, 0.5) is 0 Å². The second-order valence-electron chi connectivity index (χ2n) is 11.0. The van der Waals surface area contributed by atoms with Crippen LogP contribution in [0.1, 0.15) is 78.5 Å². The summed E-state index contributed by atoms with van der Waals surface area (Å²) >= 11 is 0. The van der Waals surface area contributed by atoms with E-state index in [9.17, 15) is 14.7 Å². The van der Waals surface area contributed by atoms with Gasteiger partial charge >= 0.3 is 5.97 Å². The molecule has 0 spiro atoms. The summed E-state index contributed by atoms with van der Waals surface area (Å²) in [6, 6.07) is 15.7. The van der Waals surface area contributed by atoms with Crippen molar-refractivity contribution in [2.75, 3.05) is 13.1 Å². The van der Waals surface area contributed by atoms with Crippen molar-refractivity contribution in [3.05, 3.63) is 71.8 Å². The molecule has 1 saturated carbocycles. The maximum atomic E-state index is 13.8. The number of likely N-dealkylation sites (tertiary alicyclic amines) is 1. The van der Waals surface area contributed by atoms with Crippen molar-refractivity contribution in [1.29, 1.82) is 0 Å². The van der Waals surface area contributed by atoms with Gasteiger partial charge in [-0.05, 0) is 54.9 Å². The summed E-state index contributed by atoms with van der Waals surface area (Å²) in [7, 11) is 1.96. The molecule has 202 valence electrons. The second-order valence-corrected chi connectivity index (χ2v) is 11.0. The topological polar surface area (TPSA) is 93.3 Å². The number of carboxylic acids is 1. The van der Waals surface area contributed by atoms with Gasteiger partial charge in [0.05, 0.1) is 16.8 Å². The number of rotatable bonds is 6. The molecule has 0 radical (unpaired) electrons. The molecule has 6 rings (SSSR count). The molecule has 2 aromatic heterocycles. The minimum Gasteiger partial charge on any atom is -0.478 e. The van der Waals surface area contributed by atoms with Gasteiger partial charge < -0.3 is 19.1 Å². The van der Waals surface area contributed by atoms with Crippen LogP contribution in [0.15, 0.2) is 54.9 Å². The molecule has 8 nitrogen and oxygen atoms in total. The Kier molecular flexibility index (Phi) is 6.94. The molecule has 1 aliphatic carbocycles. The van der Waals surface area contributed by atoms with E-state index in [1.165, 1.54) is 24.8 Å². The molecule has 2 fully saturated rings. The first-order valence-corrected chi connectivity index (χ1v) is 14.1. The standard InChI is InChI=1S/C31H35N5O3/c1-34-20-32-33-30(34)23-14-16-35(17-15-23)27(37)19-36-26-18-24(31(38)39)12-13-25(26)28(21-8-4-2-5-9-21)29(36)22-10-6-3-7-11-22/h3,6-7,10-13,18,20-21,23H,2,4-5,8-9,14-17,19H2,1H3,(H,38,39). The molecule has 8 heteroatoms. The monoisotopic (exact) mass is 525 g/mol. The molecule has 3 heterocycles. The quantitative estimate of drug-likeness (QED) is 0.354. The van der Waals surface area contributed by atoms with Crippen LogP contribution in [0.3, 0.4) is 0 Å². The first kappa shape index (κ1) is 25.3. The summed E-state index contributed by atoms with van der Waals surface area (Å²) in [6.45, 7) is 1.53. The third kappa shape index (κ3) is 4.84. The second kappa shape index (κ2) is 10.7. The van der Waals surface area contributed by atoms with Crippen LogP contribution in [0.2, 0.25) is 0 Å². The number of aromatic carboxylic acids is 1. The fourth-order valence-electron chi connectivity index (χ4n) is 6.67. The molecule has 1 amide bonds. The van der Waals surface area contributed by atoms with Crippen LogP contribution in [-0.2, 0) is 18.4 Å². The lowest BCUT2D eigenvalue weighted by Gasteiger charge is -2.32. The average Bonchev–Trinajstić information content (AvgIpc) is 3.54. The van der Waals surface area contributed by atoms with E-state index in [-0.39, 0.29) is 18.0 Å². The number of carboxylic acid groups (broad SMARTS) is 1.